The predicted octanol–water partition coefficient (Wildman–Crippen LogP) is 4.24. The summed E-state index contributed by atoms with van der Waals surface area (Å²) in [5.74, 6) is 0. The van der Waals surface area contributed by atoms with Crippen molar-refractivity contribution < 1.29 is 5.11 Å². The largest absolute Gasteiger partial charge is 0.388 e. The Kier molecular flexibility index (Phi) is 3.28. The van der Waals surface area contributed by atoms with Crippen LogP contribution in [0.2, 0.25) is 0 Å². The zero-order valence-corrected chi connectivity index (χ0v) is 11.5. The van der Waals surface area contributed by atoms with Crippen molar-refractivity contribution in [2.75, 3.05) is 0 Å². The summed E-state index contributed by atoms with van der Waals surface area (Å²) in [6, 6.07) is 10.2. The Morgan fingerprint density at radius 3 is 2.79 bits per heavy atom. The Bertz CT molecular complexity index is 572. The fraction of sp³-hybridized carbons (Fsp3) is 0.471. The molecule has 0 bridgehead atoms. The van der Waals surface area contributed by atoms with E-state index >= 15 is 0 Å². The standard InChI is InChI=1S/C17H21NO/c1-2-17(9-3-4-10-17)16(19)14-7-8-15-13(12-14)6-5-11-18-15/h5-8,11-12,16,19H,2-4,9-10H2,1H3. The SMILES string of the molecule is CCC1(C(O)c2ccc3ncccc3c2)CCCC1. The van der Waals surface area contributed by atoms with Crippen LogP contribution in [0.1, 0.15) is 50.7 Å². The number of aromatic nitrogens is 1. The summed E-state index contributed by atoms with van der Waals surface area (Å²) < 4.78 is 0. The summed E-state index contributed by atoms with van der Waals surface area (Å²) in [5.41, 5.74) is 2.13. The second-order valence-electron chi connectivity index (χ2n) is 5.78. The molecule has 1 aliphatic carbocycles. The van der Waals surface area contributed by atoms with Gasteiger partial charge in [-0.2, -0.15) is 0 Å². The van der Waals surface area contributed by atoms with Crippen molar-refractivity contribution in [1.82, 2.24) is 4.98 Å². The van der Waals surface area contributed by atoms with E-state index in [0.717, 1.165) is 35.7 Å². The van der Waals surface area contributed by atoms with Gasteiger partial charge in [-0.15, -0.1) is 0 Å². The van der Waals surface area contributed by atoms with Crippen LogP contribution in [0.3, 0.4) is 0 Å². The minimum absolute atomic E-state index is 0.0931. The molecule has 1 heterocycles. The Labute approximate surface area is 114 Å². The van der Waals surface area contributed by atoms with Crippen molar-refractivity contribution in [2.45, 2.75) is 45.1 Å². The van der Waals surface area contributed by atoms with E-state index in [9.17, 15) is 5.11 Å². The number of aliphatic hydroxyl groups is 1. The lowest BCUT2D eigenvalue weighted by molar-refractivity contribution is 0.0239. The van der Waals surface area contributed by atoms with E-state index in [1.54, 1.807) is 0 Å². The normalized spacial score (nSPS) is 19.7. The van der Waals surface area contributed by atoms with Gasteiger partial charge in [0, 0.05) is 17.0 Å². The fourth-order valence-corrected chi connectivity index (χ4v) is 3.52. The van der Waals surface area contributed by atoms with Gasteiger partial charge in [-0.25, -0.2) is 0 Å². The maximum absolute atomic E-state index is 10.8. The van der Waals surface area contributed by atoms with Crippen LogP contribution in [-0.4, -0.2) is 10.1 Å². The molecule has 1 unspecified atom stereocenters. The molecule has 1 aromatic heterocycles. The van der Waals surface area contributed by atoms with E-state index in [1.807, 2.05) is 24.4 Å². The number of pyridine rings is 1. The number of nitrogens with zero attached hydrogens (tertiary/aromatic N) is 1. The lowest BCUT2D eigenvalue weighted by atomic mass is 9.75. The van der Waals surface area contributed by atoms with Crippen LogP contribution in [0.4, 0.5) is 0 Å². The van der Waals surface area contributed by atoms with E-state index in [1.165, 1.54) is 12.8 Å². The van der Waals surface area contributed by atoms with Gasteiger partial charge in [0.05, 0.1) is 11.6 Å². The van der Waals surface area contributed by atoms with E-state index in [4.69, 9.17) is 0 Å². The molecular weight excluding hydrogens is 234 g/mol. The molecule has 2 heteroatoms. The zero-order chi connectivity index (χ0) is 13.3. The lowest BCUT2D eigenvalue weighted by Crippen LogP contribution is -2.25. The maximum Gasteiger partial charge on any atom is 0.0846 e. The lowest BCUT2D eigenvalue weighted by Gasteiger charge is -2.33. The summed E-state index contributed by atoms with van der Waals surface area (Å²) in [6.07, 6.45) is 7.32. The molecule has 100 valence electrons. The van der Waals surface area contributed by atoms with Crippen LogP contribution in [-0.2, 0) is 0 Å². The van der Waals surface area contributed by atoms with Gasteiger partial charge in [-0.05, 0) is 43.0 Å². The predicted molar refractivity (Wildman–Crippen MR) is 77.9 cm³/mol. The van der Waals surface area contributed by atoms with Crippen molar-refractivity contribution >= 4 is 10.9 Å². The Hall–Kier alpha value is -1.41. The molecule has 1 atom stereocenters. The molecule has 0 radical (unpaired) electrons. The van der Waals surface area contributed by atoms with Crippen molar-refractivity contribution in [3.05, 3.63) is 42.1 Å². The van der Waals surface area contributed by atoms with Crippen LogP contribution >= 0.6 is 0 Å². The van der Waals surface area contributed by atoms with Crippen molar-refractivity contribution in [3.63, 3.8) is 0 Å². The molecule has 0 spiro atoms. The van der Waals surface area contributed by atoms with E-state index in [2.05, 4.69) is 24.0 Å². The van der Waals surface area contributed by atoms with Crippen LogP contribution in [0.25, 0.3) is 10.9 Å². The molecule has 0 saturated heterocycles. The van der Waals surface area contributed by atoms with Gasteiger partial charge in [0.2, 0.25) is 0 Å². The summed E-state index contributed by atoms with van der Waals surface area (Å²) in [7, 11) is 0. The summed E-state index contributed by atoms with van der Waals surface area (Å²) in [4.78, 5) is 4.34. The minimum atomic E-state index is -0.343. The van der Waals surface area contributed by atoms with Gasteiger partial charge < -0.3 is 5.11 Å². The van der Waals surface area contributed by atoms with Gasteiger partial charge in [-0.1, -0.05) is 31.9 Å². The number of benzene rings is 1. The number of fused-ring (bicyclic) bond motifs is 1. The molecule has 1 fully saturated rings. The summed E-state index contributed by atoms with van der Waals surface area (Å²) in [6.45, 7) is 2.21. The first kappa shape index (κ1) is 12.6. The first-order valence-electron chi connectivity index (χ1n) is 7.28. The first-order valence-corrected chi connectivity index (χ1v) is 7.28. The molecule has 1 N–H and O–H groups in total. The van der Waals surface area contributed by atoms with Gasteiger partial charge in [0.15, 0.2) is 0 Å². The monoisotopic (exact) mass is 255 g/mol. The van der Waals surface area contributed by atoms with Crippen molar-refractivity contribution in [2.24, 2.45) is 5.41 Å². The molecule has 3 rings (SSSR count). The fourth-order valence-electron chi connectivity index (χ4n) is 3.52. The minimum Gasteiger partial charge on any atom is -0.388 e. The molecule has 1 aromatic carbocycles. The third-order valence-corrected chi connectivity index (χ3v) is 4.83. The van der Waals surface area contributed by atoms with Crippen LogP contribution < -0.4 is 0 Å². The molecular formula is C17H21NO. The average Bonchev–Trinajstić information content (AvgIpc) is 2.96. The third-order valence-electron chi connectivity index (χ3n) is 4.83. The number of hydrogen-bond donors (Lipinski definition) is 1. The van der Waals surface area contributed by atoms with Crippen LogP contribution in [0.5, 0.6) is 0 Å². The van der Waals surface area contributed by atoms with E-state index < -0.39 is 0 Å². The highest BCUT2D eigenvalue weighted by Crippen LogP contribution is 2.50. The topological polar surface area (TPSA) is 33.1 Å². The Morgan fingerprint density at radius 2 is 2.05 bits per heavy atom. The highest BCUT2D eigenvalue weighted by atomic mass is 16.3. The van der Waals surface area contributed by atoms with E-state index in [0.29, 0.717) is 0 Å². The van der Waals surface area contributed by atoms with Crippen molar-refractivity contribution in [3.8, 4) is 0 Å². The highest BCUT2D eigenvalue weighted by molar-refractivity contribution is 5.79. The summed E-state index contributed by atoms with van der Waals surface area (Å²) in [5, 5.41) is 11.9. The number of hydrogen-bond acceptors (Lipinski definition) is 2. The second kappa shape index (κ2) is 4.93. The van der Waals surface area contributed by atoms with E-state index in [-0.39, 0.29) is 11.5 Å². The molecule has 19 heavy (non-hydrogen) atoms. The highest BCUT2D eigenvalue weighted by Gasteiger charge is 2.39. The molecule has 0 aliphatic heterocycles. The molecule has 1 saturated carbocycles. The first-order chi connectivity index (χ1) is 9.25. The van der Waals surface area contributed by atoms with Crippen molar-refractivity contribution in [1.29, 1.82) is 0 Å². The zero-order valence-electron chi connectivity index (χ0n) is 11.5. The maximum atomic E-state index is 10.8. The molecule has 0 amide bonds. The Balaban J connectivity index is 1.99. The molecule has 2 nitrogen and oxygen atoms in total. The molecule has 1 aliphatic rings. The van der Waals surface area contributed by atoms with Crippen LogP contribution in [0, 0.1) is 5.41 Å². The average molecular weight is 255 g/mol. The van der Waals surface area contributed by atoms with Gasteiger partial charge >= 0.3 is 0 Å². The third kappa shape index (κ3) is 2.14. The van der Waals surface area contributed by atoms with Gasteiger partial charge in [-0.3, -0.25) is 4.98 Å². The summed E-state index contributed by atoms with van der Waals surface area (Å²) >= 11 is 0. The molecule has 2 aromatic rings. The number of aliphatic hydroxyl groups excluding tert-OH is 1. The smallest absolute Gasteiger partial charge is 0.0846 e. The Morgan fingerprint density at radius 1 is 1.26 bits per heavy atom. The van der Waals surface area contributed by atoms with Crippen LogP contribution in [0.15, 0.2) is 36.5 Å². The second-order valence-corrected chi connectivity index (χ2v) is 5.78. The van der Waals surface area contributed by atoms with Gasteiger partial charge in [0.25, 0.3) is 0 Å². The number of rotatable bonds is 3. The quantitative estimate of drug-likeness (QED) is 0.890. The van der Waals surface area contributed by atoms with Gasteiger partial charge in [0.1, 0.15) is 0 Å².